The Hall–Kier alpha value is -3.86. The number of amides is 2. The van der Waals surface area contributed by atoms with Gasteiger partial charge in [0.25, 0.3) is 11.5 Å². The predicted molar refractivity (Wildman–Crippen MR) is 161 cm³/mol. The van der Waals surface area contributed by atoms with Crippen molar-refractivity contribution in [3.63, 3.8) is 0 Å². The van der Waals surface area contributed by atoms with Crippen LogP contribution in [-0.4, -0.2) is 81.6 Å². The molecule has 3 aromatic rings. The number of nitrogens with zero attached hydrogens (tertiary/aromatic N) is 4. The maximum atomic E-state index is 13.2. The van der Waals surface area contributed by atoms with E-state index in [4.69, 9.17) is 14.6 Å². The number of ether oxygens (including phenoxy) is 2. The fraction of sp³-hybridized carbons (Fsp3) is 0.548. The number of nitrogens with one attached hydrogen (secondary N) is 2. The first-order chi connectivity index (χ1) is 20.0. The number of piperidine rings is 1. The molecular formula is C31H42N6O5. The second-order valence-corrected chi connectivity index (χ2v) is 12.3. The van der Waals surface area contributed by atoms with Gasteiger partial charge in [0.1, 0.15) is 11.0 Å². The molecule has 11 heteroatoms. The van der Waals surface area contributed by atoms with E-state index in [2.05, 4.69) is 17.2 Å². The van der Waals surface area contributed by atoms with Gasteiger partial charge < -0.3 is 29.6 Å². The zero-order valence-corrected chi connectivity index (χ0v) is 25.3. The van der Waals surface area contributed by atoms with Gasteiger partial charge in [-0.05, 0) is 83.2 Å². The first kappa shape index (κ1) is 29.6. The highest BCUT2D eigenvalue weighted by atomic mass is 16.6. The summed E-state index contributed by atoms with van der Waals surface area (Å²) in [4.78, 5) is 45.4. The van der Waals surface area contributed by atoms with E-state index in [1.165, 1.54) is 0 Å². The van der Waals surface area contributed by atoms with Crippen molar-refractivity contribution in [1.29, 1.82) is 0 Å². The third-order valence-corrected chi connectivity index (χ3v) is 8.29. The van der Waals surface area contributed by atoms with Gasteiger partial charge in [0.15, 0.2) is 5.82 Å². The molecule has 2 aliphatic rings. The average molecular weight is 579 g/mol. The van der Waals surface area contributed by atoms with E-state index >= 15 is 0 Å². The molecule has 1 aromatic carbocycles. The Balaban J connectivity index is 1.41. The van der Waals surface area contributed by atoms with E-state index in [9.17, 15) is 14.4 Å². The normalized spacial score (nSPS) is 17.6. The van der Waals surface area contributed by atoms with E-state index in [0.29, 0.717) is 69.0 Å². The number of aromatic nitrogens is 3. The highest BCUT2D eigenvalue weighted by Crippen LogP contribution is 2.38. The fourth-order valence-corrected chi connectivity index (χ4v) is 5.91. The fourth-order valence-electron chi connectivity index (χ4n) is 5.91. The molecule has 42 heavy (non-hydrogen) atoms. The predicted octanol–water partition coefficient (Wildman–Crippen LogP) is 4.78. The van der Waals surface area contributed by atoms with Crippen molar-refractivity contribution in [1.82, 2.24) is 24.6 Å². The van der Waals surface area contributed by atoms with E-state index in [-0.39, 0.29) is 23.1 Å². The van der Waals surface area contributed by atoms with Crippen LogP contribution in [0.5, 0.6) is 0 Å². The molecule has 2 saturated heterocycles. The minimum Gasteiger partial charge on any atom is -0.444 e. The lowest BCUT2D eigenvalue weighted by Crippen LogP contribution is -2.49. The summed E-state index contributed by atoms with van der Waals surface area (Å²) < 4.78 is 13.1. The monoisotopic (exact) mass is 578 g/mol. The topological polar surface area (TPSA) is 122 Å². The van der Waals surface area contributed by atoms with E-state index in [1.54, 1.807) is 11.1 Å². The largest absolute Gasteiger partial charge is 0.444 e. The van der Waals surface area contributed by atoms with Gasteiger partial charge in [-0.1, -0.05) is 6.92 Å². The van der Waals surface area contributed by atoms with Crippen molar-refractivity contribution in [2.24, 2.45) is 0 Å². The van der Waals surface area contributed by atoms with Gasteiger partial charge in [-0.15, -0.1) is 0 Å². The van der Waals surface area contributed by atoms with Gasteiger partial charge in [0, 0.05) is 50.2 Å². The Kier molecular flexibility index (Phi) is 8.32. The summed E-state index contributed by atoms with van der Waals surface area (Å²) in [6.07, 6.45) is 4.32. The molecule has 2 N–H and O–H groups in total. The maximum absolute atomic E-state index is 13.2. The molecule has 0 spiro atoms. The van der Waals surface area contributed by atoms with Gasteiger partial charge in [0.2, 0.25) is 0 Å². The number of benzene rings is 1. The van der Waals surface area contributed by atoms with Gasteiger partial charge in [-0.2, -0.15) is 5.10 Å². The smallest absolute Gasteiger partial charge is 0.410 e. The van der Waals surface area contributed by atoms with Gasteiger partial charge in [0.05, 0.1) is 17.7 Å². The number of likely N-dealkylation sites (tertiary alicyclic amines) is 1. The number of anilines is 2. The summed E-state index contributed by atoms with van der Waals surface area (Å²) in [5.74, 6) is 0.454. The number of aromatic amines is 1. The molecule has 0 unspecified atom stereocenters. The molecule has 2 amide bonds. The maximum Gasteiger partial charge on any atom is 0.410 e. The van der Waals surface area contributed by atoms with Crippen LogP contribution in [0.25, 0.3) is 10.9 Å². The van der Waals surface area contributed by atoms with Crippen LogP contribution in [0.4, 0.5) is 16.3 Å². The molecule has 2 fully saturated rings. The van der Waals surface area contributed by atoms with E-state index < -0.39 is 5.60 Å². The molecule has 0 radical (unpaired) electrons. The Bertz CT molecular complexity index is 1500. The quantitative estimate of drug-likeness (QED) is 0.447. The van der Waals surface area contributed by atoms with Gasteiger partial charge >= 0.3 is 6.09 Å². The van der Waals surface area contributed by atoms with Crippen LogP contribution < -0.4 is 10.9 Å². The number of hydrogen-bond donors (Lipinski definition) is 2. The minimum absolute atomic E-state index is 0.00154. The molecule has 2 aromatic heterocycles. The highest BCUT2D eigenvalue weighted by Gasteiger charge is 2.39. The Morgan fingerprint density at radius 3 is 2.55 bits per heavy atom. The minimum atomic E-state index is -0.554. The molecule has 0 aliphatic carbocycles. The van der Waals surface area contributed by atoms with Crippen LogP contribution in [0.2, 0.25) is 0 Å². The van der Waals surface area contributed by atoms with E-state index in [0.717, 1.165) is 29.6 Å². The standard InChI is InChI=1S/C31H42N6O5/c1-6-31(11-15-36(16-12-31)29(40)42-30(3,4)5)37-24-10-13-32-27(38)25(24)26(34-37)33-22-8-9-23(21(2)20-22)28(39)35-14-7-18-41-19-17-35/h8-10,13,20H,6-7,11-12,14-19H2,1-5H3,(H,32,38)(H,33,34). The summed E-state index contributed by atoms with van der Waals surface area (Å²) in [7, 11) is 0. The van der Waals surface area contributed by atoms with Crippen molar-refractivity contribution in [3.8, 4) is 0 Å². The van der Waals surface area contributed by atoms with Crippen molar-refractivity contribution in [2.75, 3.05) is 44.7 Å². The summed E-state index contributed by atoms with van der Waals surface area (Å²) in [6, 6.07) is 7.48. The highest BCUT2D eigenvalue weighted by molar-refractivity contribution is 5.96. The first-order valence-corrected chi connectivity index (χ1v) is 14.8. The molecule has 2 aliphatic heterocycles. The Labute approximate surface area is 246 Å². The molecule has 0 bridgehead atoms. The van der Waals surface area contributed by atoms with Crippen molar-refractivity contribution in [2.45, 2.75) is 71.4 Å². The number of H-pyrrole nitrogens is 1. The zero-order valence-electron chi connectivity index (χ0n) is 25.3. The van der Waals surface area contributed by atoms with Crippen LogP contribution in [0.3, 0.4) is 0 Å². The van der Waals surface area contributed by atoms with Crippen molar-refractivity contribution in [3.05, 3.63) is 51.9 Å². The van der Waals surface area contributed by atoms with Crippen molar-refractivity contribution >= 4 is 34.4 Å². The van der Waals surface area contributed by atoms with E-state index in [1.807, 2.05) is 61.5 Å². The van der Waals surface area contributed by atoms with Crippen LogP contribution in [-0.2, 0) is 15.0 Å². The summed E-state index contributed by atoms with van der Waals surface area (Å²) in [6.45, 7) is 13.2. The zero-order chi connectivity index (χ0) is 30.1. The van der Waals surface area contributed by atoms with Crippen LogP contribution in [0, 0.1) is 6.92 Å². The SMILES string of the molecule is CCC1(n2nc(Nc3ccc(C(=O)N4CCCOCC4)c(C)c3)c3c(=O)[nH]ccc32)CCN(C(=O)OC(C)(C)C)CC1. The number of pyridine rings is 1. The molecule has 4 heterocycles. The lowest BCUT2D eigenvalue weighted by Gasteiger charge is -2.42. The number of aryl methyl sites for hydroxylation is 1. The number of carbonyl (C=O) groups is 2. The molecule has 5 rings (SSSR count). The van der Waals surface area contributed by atoms with Gasteiger partial charge in [-0.3, -0.25) is 14.3 Å². The summed E-state index contributed by atoms with van der Waals surface area (Å²) in [5, 5.41) is 8.81. The first-order valence-electron chi connectivity index (χ1n) is 14.8. The third-order valence-electron chi connectivity index (χ3n) is 8.29. The lowest BCUT2D eigenvalue weighted by atomic mass is 9.85. The number of hydrogen-bond acceptors (Lipinski definition) is 7. The average Bonchev–Trinajstić information content (AvgIpc) is 3.12. The second kappa shape index (κ2) is 11.8. The second-order valence-electron chi connectivity index (χ2n) is 12.3. The van der Waals surface area contributed by atoms with Crippen molar-refractivity contribution < 1.29 is 19.1 Å². The molecular weight excluding hydrogens is 536 g/mol. The van der Waals surface area contributed by atoms with Crippen LogP contribution in [0.15, 0.2) is 35.3 Å². The van der Waals surface area contributed by atoms with Crippen LogP contribution >= 0.6 is 0 Å². The molecule has 0 atom stereocenters. The Morgan fingerprint density at radius 1 is 1.10 bits per heavy atom. The summed E-state index contributed by atoms with van der Waals surface area (Å²) in [5.41, 5.74) is 1.81. The molecule has 226 valence electrons. The van der Waals surface area contributed by atoms with Crippen LogP contribution in [0.1, 0.15) is 69.3 Å². The molecule has 11 nitrogen and oxygen atoms in total. The number of rotatable bonds is 5. The third kappa shape index (κ3) is 6.01. The Morgan fingerprint density at radius 2 is 1.86 bits per heavy atom. The summed E-state index contributed by atoms with van der Waals surface area (Å²) >= 11 is 0. The molecule has 0 saturated carbocycles. The number of carbonyl (C=O) groups excluding carboxylic acids is 2. The number of fused-ring (bicyclic) bond motifs is 1. The van der Waals surface area contributed by atoms with Gasteiger partial charge in [-0.25, -0.2) is 4.79 Å². The lowest BCUT2D eigenvalue weighted by molar-refractivity contribution is 0.0101.